The van der Waals surface area contributed by atoms with Gasteiger partial charge in [0.1, 0.15) is 16.7 Å². The topological polar surface area (TPSA) is 35.0 Å². The molecule has 3 nitrogen and oxygen atoms in total. The van der Waals surface area contributed by atoms with E-state index in [0.717, 1.165) is 17.1 Å². The largest absolute Gasteiger partial charge is 0.455 e. The molecule has 0 aliphatic heterocycles. The van der Waals surface area contributed by atoms with E-state index < -0.39 is 0 Å². The molecule has 0 aliphatic carbocycles. The molecular formula is C14H17ClN2O. The molecule has 2 heterocycles. The molecule has 0 saturated carbocycles. The van der Waals surface area contributed by atoms with Gasteiger partial charge in [0.15, 0.2) is 0 Å². The summed E-state index contributed by atoms with van der Waals surface area (Å²) >= 11 is 5.77. The van der Waals surface area contributed by atoms with Gasteiger partial charge in [0.2, 0.25) is 0 Å². The maximum Gasteiger partial charge on any atom is 0.148 e. The highest BCUT2D eigenvalue weighted by Crippen LogP contribution is 2.24. The molecular weight excluding hydrogens is 248 g/mol. The summed E-state index contributed by atoms with van der Waals surface area (Å²) in [4.78, 5) is 8.21. The standard InChI is InChI=1S/C12H11ClN2O.C2H6/c1-8-3-4-11(9(2)15-8)16-10-5-6-14-12(13)7-10;1-2/h3-7H,1-2H3;1-2H3. The van der Waals surface area contributed by atoms with Crippen molar-refractivity contribution in [2.45, 2.75) is 27.7 Å². The zero-order valence-electron chi connectivity index (χ0n) is 11.1. The lowest BCUT2D eigenvalue weighted by Crippen LogP contribution is -1.92. The van der Waals surface area contributed by atoms with Crippen LogP contribution in [0.1, 0.15) is 25.2 Å². The Labute approximate surface area is 113 Å². The summed E-state index contributed by atoms with van der Waals surface area (Å²) in [5.74, 6) is 1.39. The van der Waals surface area contributed by atoms with E-state index in [0.29, 0.717) is 10.9 Å². The van der Waals surface area contributed by atoms with Crippen LogP contribution in [-0.4, -0.2) is 9.97 Å². The predicted molar refractivity (Wildman–Crippen MR) is 74.4 cm³/mol. The van der Waals surface area contributed by atoms with E-state index in [1.165, 1.54) is 0 Å². The van der Waals surface area contributed by atoms with Crippen molar-refractivity contribution in [2.75, 3.05) is 0 Å². The number of ether oxygens (including phenoxy) is 1. The minimum atomic E-state index is 0.412. The second-order valence-electron chi connectivity index (χ2n) is 3.45. The fourth-order valence-electron chi connectivity index (χ4n) is 1.36. The van der Waals surface area contributed by atoms with Crippen LogP contribution in [0.3, 0.4) is 0 Å². The highest BCUT2D eigenvalue weighted by Gasteiger charge is 2.03. The third-order valence-corrected chi connectivity index (χ3v) is 2.31. The molecule has 4 heteroatoms. The Balaban J connectivity index is 0.000000771. The molecule has 18 heavy (non-hydrogen) atoms. The Kier molecular flexibility index (Phi) is 5.59. The van der Waals surface area contributed by atoms with Gasteiger partial charge in [0, 0.05) is 18.0 Å². The third-order valence-electron chi connectivity index (χ3n) is 2.10. The average Bonchev–Trinajstić information content (AvgIpc) is 2.35. The van der Waals surface area contributed by atoms with Gasteiger partial charge in [-0.05, 0) is 32.0 Å². The predicted octanol–water partition coefficient (Wildman–Crippen LogP) is 4.57. The molecule has 2 aromatic rings. The summed E-state index contributed by atoms with van der Waals surface area (Å²) in [5.41, 5.74) is 1.82. The Hall–Kier alpha value is -1.61. The van der Waals surface area contributed by atoms with E-state index in [9.17, 15) is 0 Å². The van der Waals surface area contributed by atoms with Crippen LogP contribution in [0, 0.1) is 13.8 Å². The zero-order chi connectivity index (χ0) is 13.5. The van der Waals surface area contributed by atoms with E-state index in [1.54, 1.807) is 18.3 Å². The summed E-state index contributed by atoms with van der Waals surface area (Å²) in [7, 11) is 0. The van der Waals surface area contributed by atoms with Crippen molar-refractivity contribution >= 4 is 11.6 Å². The molecule has 0 atom stereocenters. The highest BCUT2D eigenvalue weighted by molar-refractivity contribution is 6.29. The molecule has 2 rings (SSSR count). The van der Waals surface area contributed by atoms with Crippen LogP contribution < -0.4 is 4.74 Å². The minimum absolute atomic E-state index is 0.412. The summed E-state index contributed by atoms with van der Waals surface area (Å²) in [6.45, 7) is 7.85. The smallest absolute Gasteiger partial charge is 0.148 e. The number of halogens is 1. The molecule has 0 fully saturated rings. The van der Waals surface area contributed by atoms with Crippen LogP contribution in [0.15, 0.2) is 30.5 Å². The molecule has 0 bridgehead atoms. The van der Waals surface area contributed by atoms with Crippen molar-refractivity contribution in [2.24, 2.45) is 0 Å². The first kappa shape index (κ1) is 14.5. The van der Waals surface area contributed by atoms with Gasteiger partial charge >= 0.3 is 0 Å². The summed E-state index contributed by atoms with van der Waals surface area (Å²) in [6, 6.07) is 7.23. The van der Waals surface area contributed by atoms with Gasteiger partial charge < -0.3 is 4.74 Å². The Morgan fingerprint density at radius 3 is 2.44 bits per heavy atom. The van der Waals surface area contributed by atoms with Crippen molar-refractivity contribution in [3.63, 3.8) is 0 Å². The van der Waals surface area contributed by atoms with Crippen LogP contribution in [-0.2, 0) is 0 Å². The van der Waals surface area contributed by atoms with Crippen LogP contribution in [0.25, 0.3) is 0 Å². The lowest BCUT2D eigenvalue weighted by Gasteiger charge is -2.08. The number of aryl methyl sites for hydroxylation is 2. The fraction of sp³-hybridized carbons (Fsp3) is 0.286. The number of nitrogens with zero attached hydrogens (tertiary/aromatic N) is 2. The second kappa shape index (κ2) is 6.97. The number of pyridine rings is 2. The third kappa shape index (κ3) is 4.00. The monoisotopic (exact) mass is 264 g/mol. The number of hydrogen-bond acceptors (Lipinski definition) is 3. The molecule has 0 aliphatic rings. The maximum atomic E-state index is 5.77. The summed E-state index contributed by atoms with van der Waals surface area (Å²) in [5, 5.41) is 0.412. The maximum absolute atomic E-state index is 5.77. The molecule has 2 aromatic heterocycles. The van der Waals surface area contributed by atoms with Crippen molar-refractivity contribution in [3.05, 3.63) is 47.0 Å². The van der Waals surface area contributed by atoms with Crippen LogP contribution in [0.4, 0.5) is 0 Å². The van der Waals surface area contributed by atoms with E-state index in [4.69, 9.17) is 16.3 Å². The summed E-state index contributed by atoms with van der Waals surface area (Å²) in [6.07, 6.45) is 1.61. The zero-order valence-corrected chi connectivity index (χ0v) is 11.8. The second-order valence-corrected chi connectivity index (χ2v) is 3.84. The van der Waals surface area contributed by atoms with Crippen molar-refractivity contribution in [1.82, 2.24) is 9.97 Å². The summed E-state index contributed by atoms with van der Waals surface area (Å²) < 4.78 is 5.66. The molecule has 0 amide bonds. The van der Waals surface area contributed by atoms with Gasteiger partial charge in [0.25, 0.3) is 0 Å². The van der Waals surface area contributed by atoms with E-state index in [2.05, 4.69) is 9.97 Å². The molecule has 0 aromatic carbocycles. The van der Waals surface area contributed by atoms with Crippen LogP contribution in [0.2, 0.25) is 5.15 Å². The molecule has 0 spiro atoms. The quantitative estimate of drug-likeness (QED) is 0.746. The van der Waals surface area contributed by atoms with Crippen LogP contribution in [0.5, 0.6) is 11.5 Å². The lowest BCUT2D eigenvalue weighted by molar-refractivity contribution is 0.474. The van der Waals surface area contributed by atoms with Crippen molar-refractivity contribution in [3.8, 4) is 11.5 Å². The van der Waals surface area contributed by atoms with Gasteiger partial charge in [-0.2, -0.15) is 0 Å². The molecule has 0 unspecified atom stereocenters. The van der Waals surface area contributed by atoms with Gasteiger partial charge in [0.05, 0.1) is 5.69 Å². The SMILES string of the molecule is CC.Cc1ccc(Oc2ccnc(Cl)c2)c(C)n1. The normalized spacial score (nSPS) is 9.39. The first-order valence-corrected chi connectivity index (χ1v) is 6.26. The number of hydrogen-bond donors (Lipinski definition) is 0. The lowest BCUT2D eigenvalue weighted by atomic mass is 10.3. The molecule has 0 N–H and O–H groups in total. The first-order chi connectivity index (χ1) is 8.65. The molecule has 0 saturated heterocycles. The fourth-order valence-corrected chi connectivity index (χ4v) is 1.52. The molecule has 0 radical (unpaired) electrons. The van der Waals surface area contributed by atoms with E-state index in [-0.39, 0.29) is 0 Å². The molecule has 96 valence electrons. The Bertz CT molecular complexity index is 515. The van der Waals surface area contributed by atoms with Gasteiger partial charge in [-0.15, -0.1) is 0 Å². The minimum Gasteiger partial charge on any atom is -0.455 e. The van der Waals surface area contributed by atoms with Crippen molar-refractivity contribution in [1.29, 1.82) is 0 Å². The van der Waals surface area contributed by atoms with E-state index in [1.807, 2.05) is 39.8 Å². The van der Waals surface area contributed by atoms with Crippen LogP contribution >= 0.6 is 11.6 Å². The van der Waals surface area contributed by atoms with Crippen molar-refractivity contribution < 1.29 is 4.74 Å². The number of rotatable bonds is 2. The Morgan fingerprint density at radius 2 is 1.83 bits per heavy atom. The van der Waals surface area contributed by atoms with E-state index >= 15 is 0 Å². The van der Waals surface area contributed by atoms with Gasteiger partial charge in [-0.1, -0.05) is 25.4 Å². The number of aromatic nitrogens is 2. The first-order valence-electron chi connectivity index (χ1n) is 5.89. The highest BCUT2D eigenvalue weighted by atomic mass is 35.5. The Morgan fingerprint density at radius 1 is 1.11 bits per heavy atom. The average molecular weight is 265 g/mol. The van der Waals surface area contributed by atoms with Gasteiger partial charge in [-0.25, -0.2) is 4.98 Å². The van der Waals surface area contributed by atoms with Gasteiger partial charge in [-0.3, -0.25) is 4.98 Å².